The van der Waals surface area contributed by atoms with E-state index in [2.05, 4.69) is 14.8 Å². The Hall–Kier alpha value is -2.21. The Morgan fingerprint density at radius 2 is 2.30 bits per heavy atom. The summed E-state index contributed by atoms with van der Waals surface area (Å²) in [7, 11) is 1.28. The van der Waals surface area contributed by atoms with Gasteiger partial charge in [0.1, 0.15) is 5.69 Å². The van der Waals surface area contributed by atoms with Crippen LogP contribution in [0.5, 0.6) is 0 Å². The predicted octanol–water partition coefficient (Wildman–Crippen LogP) is 1.89. The van der Waals surface area contributed by atoms with E-state index in [1.807, 2.05) is 6.92 Å². The number of hydrogen-bond donors (Lipinski definition) is 0. The number of halogens is 1. The van der Waals surface area contributed by atoms with E-state index >= 15 is 0 Å². The number of aromatic nitrogens is 3. The number of aldehydes is 1. The van der Waals surface area contributed by atoms with Gasteiger partial charge in [0.15, 0.2) is 12.0 Å². The molecule has 6 nitrogen and oxygen atoms in total. The largest absolute Gasteiger partial charge is 0.464 e. The average Bonchev–Trinajstić information content (AvgIpc) is 2.80. The fourth-order valence-corrected chi connectivity index (χ4v) is 2.00. The molecule has 0 unspecified atom stereocenters. The van der Waals surface area contributed by atoms with Crippen LogP contribution in [0.4, 0.5) is 0 Å². The Bertz CT molecular complexity index is 667. The molecule has 2 aromatic heterocycles. The summed E-state index contributed by atoms with van der Waals surface area (Å²) in [5, 5.41) is 4.49. The maximum atomic E-state index is 11.7. The second kappa shape index (κ2) is 5.83. The maximum absolute atomic E-state index is 11.7. The van der Waals surface area contributed by atoms with Crippen LogP contribution in [0.15, 0.2) is 18.3 Å². The highest BCUT2D eigenvalue weighted by molar-refractivity contribution is 6.31. The highest BCUT2D eigenvalue weighted by Gasteiger charge is 2.18. The van der Waals surface area contributed by atoms with Gasteiger partial charge in [-0.05, 0) is 19.1 Å². The molecule has 0 aliphatic carbocycles. The van der Waals surface area contributed by atoms with E-state index in [1.54, 1.807) is 16.8 Å². The maximum Gasteiger partial charge on any atom is 0.357 e. The van der Waals surface area contributed by atoms with Crippen molar-refractivity contribution in [2.24, 2.45) is 0 Å². The third-order valence-corrected chi connectivity index (χ3v) is 3.16. The number of ether oxygens (including phenoxy) is 1. The minimum Gasteiger partial charge on any atom is -0.464 e. The van der Waals surface area contributed by atoms with E-state index in [-0.39, 0.29) is 12.2 Å². The lowest BCUT2D eigenvalue weighted by atomic mass is 10.2. The number of nitrogens with zero attached hydrogens (tertiary/aromatic N) is 3. The summed E-state index contributed by atoms with van der Waals surface area (Å²) in [6.07, 6.45) is 2.10. The van der Waals surface area contributed by atoms with Crippen LogP contribution in [0.1, 0.15) is 32.2 Å². The molecule has 0 N–H and O–H groups in total. The van der Waals surface area contributed by atoms with E-state index < -0.39 is 5.97 Å². The fraction of sp³-hybridized carbons (Fsp3) is 0.231. The van der Waals surface area contributed by atoms with Gasteiger partial charge in [0.2, 0.25) is 0 Å². The minimum absolute atomic E-state index is 0.141. The Morgan fingerprint density at radius 3 is 2.90 bits per heavy atom. The van der Waals surface area contributed by atoms with Crippen LogP contribution in [-0.2, 0) is 11.3 Å². The number of aryl methyl sites for hydroxylation is 1. The molecule has 2 heterocycles. The zero-order valence-electron chi connectivity index (χ0n) is 11.0. The van der Waals surface area contributed by atoms with Crippen molar-refractivity contribution >= 4 is 23.9 Å². The van der Waals surface area contributed by atoms with Crippen LogP contribution >= 0.6 is 11.6 Å². The van der Waals surface area contributed by atoms with Gasteiger partial charge in [-0.25, -0.2) is 9.78 Å². The molecule has 7 heteroatoms. The average molecular weight is 294 g/mol. The summed E-state index contributed by atoms with van der Waals surface area (Å²) in [6.45, 7) is 2.04. The fourth-order valence-electron chi connectivity index (χ4n) is 1.79. The van der Waals surface area contributed by atoms with Crippen molar-refractivity contribution in [2.45, 2.75) is 13.5 Å². The molecule has 0 fully saturated rings. The second-order valence-electron chi connectivity index (χ2n) is 4.10. The lowest BCUT2D eigenvalue weighted by Crippen LogP contribution is -2.13. The zero-order chi connectivity index (χ0) is 14.7. The number of carbonyl (C=O) groups excluding carboxylic acids is 2. The van der Waals surface area contributed by atoms with Gasteiger partial charge >= 0.3 is 5.97 Å². The van der Waals surface area contributed by atoms with Crippen LogP contribution in [-0.4, -0.2) is 34.1 Å². The van der Waals surface area contributed by atoms with Crippen LogP contribution in [0.3, 0.4) is 0 Å². The van der Waals surface area contributed by atoms with Crippen molar-refractivity contribution in [3.63, 3.8) is 0 Å². The van der Waals surface area contributed by atoms with E-state index in [0.717, 1.165) is 5.69 Å². The molecule has 0 aliphatic rings. The lowest BCUT2D eigenvalue weighted by molar-refractivity contribution is 0.0592. The molecule has 0 saturated carbocycles. The number of pyridine rings is 1. The molecule has 0 aromatic carbocycles. The van der Waals surface area contributed by atoms with Crippen molar-refractivity contribution in [1.82, 2.24) is 14.8 Å². The Balaban J connectivity index is 2.44. The summed E-state index contributed by atoms with van der Waals surface area (Å²) in [5.41, 5.74) is 1.75. The third-order valence-electron chi connectivity index (χ3n) is 2.81. The van der Waals surface area contributed by atoms with Gasteiger partial charge < -0.3 is 4.74 Å². The summed E-state index contributed by atoms with van der Waals surface area (Å²) in [4.78, 5) is 26.4. The summed E-state index contributed by atoms with van der Waals surface area (Å²) in [6, 6.07) is 3.23. The first-order chi connectivity index (χ1) is 9.56. The molecular formula is C13H12ClN3O3. The Kier molecular flexibility index (Phi) is 4.14. The number of carbonyl (C=O) groups is 2. The molecule has 20 heavy (non-hydrogen) atoms. The first kappa shape index (κ1) is 14.2. The number of rotatable bonds is 4. The van der Waals surface area contributed by atoms with E-state index in [4.69, 9.17) is 11.6 Å². The Labute approximate surface area is 120 Å². The van der Waals surface area contributed by atoms with E-state index in [0.29, 0.717) is 22.6 Å². The van der Waals surface area contributed by atoms with Gasteiger partial charge in [-0.15, -0.1) is 0 Å². The summed E-state index contributed by atoms with van der Waals surface area (Å²) in [5.74, 6) is -0.567. The molecule has 0 bridgehead atoms. The van der Waals surface area contributed by atoms with E-state index in [9.17, 15) is 9.59 Å². The topological polar surface area (TPSA) is 74.1 Å². The molecular weight excluding hydrogens is 282 g/mol. The van der Waals surface area contributed by atoms with E-state index in [1.165, 1.54) is 13.3 Å². The lowest BCUT2D eigenvalue weighted by Gasteiger charge is -2.10. The quantitative estimate of drug-likeness (QED) is 0.635. The van der Waals surface area contributed by atoms with Crippen molar-refractivity contribution in [3.8, 4) is 0 Å². The van der Waals surface area contributed by atoms with Gasteiger partial charge in [0.05, 0.1) is 13.7 Å². The Morgan fingerprint density at radius 1 is 1.55 bits per heavy atom. The smallest absolute Gasteiger partial charge is 0.357 e. The molecule has 2 rings (SSSR count). The molecule has 0 saturated heterocycles. The van der Waals surface area contributed by atoms with Gasteiger partial charge in [0.25, 0.3) is 0 Å². The van der Waals surface area contributed by atoms with Crippen LogP contribution < -0.4 is 0 Å². The summed E-state index contributed by atoms with van der Waals surface area (Å²) >= 11 is 6.11. The summed E-state index contributed by atoms with van der Waals surface area (Å²) < 4.78 is 6.26. The molecule has 0 atom stereocenters. The number of esters is 1. The van der Waals surface area contributed by atoms with Gasteiger partial charge in [0, 0.05) is 22.5 Å². The van der Waals surface area contributed by atoms with Crippen molar-refractivity contribution in [2.75, 3.05) is 7.11 Å². The van der Waals surface area contributed by atoms with Gasteiger partial charge in [-0.2, -0.15) is 5.10 Å². The van der Waals surface area contributed by atoms with Crippen LogP contribution in [0.2, 0.25) is 5.02 Å². The SMILES string of the molecule is COC(=O)c1nccc(Cl)c1Cn1nc(C=O)cc1C. The molecule has 2 aromatic rings. The highest BCUT2D eigenvalue weighted by atomic mass is 35.5. The minimum atomic E-state index is -0.567. The number of methoxy groups -OCH3 is 1. The zero-order valence-corrected chi connectivity index (χ0v) is 11.7. The first-order valence-corrected chi connectivity index (χ1v) is 6.16. The number of hydrogen-bond acceptors (Lipinski definition) is 5. The first-order valence-electron chi connectivity index (χ1n) is 5.78. The van der Waals surface area contributed by atoms with Crippen LogP contribution in [0.25, 0.3) is 0 Å². The van der Waals surface area contributed by atoms with Crippen molar-refractivity contribution in [1.29, 1.82) is 0 Å². The van der Waals surface area contributed by atoms with Crippen molar-refractivity contribution in [3.05, 3.63) is 46.0 Å². The molecule has 0 aliphatic heterocycles. The second-order valence-corrected chi connectivity index (χ2v) is 4.50. The molecule has 0 radical (unpaired) electrons. The van der Waals surface area contributed by atoms with Crippen LogP contribution in [0, 0.1) is 6.92 Å². The molecule has 0 amide bonds. The molecule has 0 spiro atoms. The standard InChI is InChI=1S/C13H12ClN3O3/c1-8-5-9(7-18)16-17(8)6-10-11(14)3-4-15-12(10)13(19)20-2/h3-5,7H,6H2,1-2H3. The normalized spacial score (nSPS) is 10.3. The predicted molar refractivity (Wildman–Crippen MR) is 72.0 cm³/mol. The van der Waals surface area contributed by atoms with Gasteiger partial charge in [-0.1, -0.05) is 11.6 Å². The van der Waals surface area contributed by atoms with Gasteiger partial charge in [-0.3, -0.25) is 9.48 Å². The monoisotopic (exact) mass is 293 g/mol. The van der Waals surface area contributed by atoms with Crippen molar-refractivity contribution < 1.29 is 14.3 Å². The molecule has 104 valence electrons. The third kappa shape index (κ3) is 2.70. The highest BCUT2D eigenvalue weighted by Crippen LogP contribution is 2.20.